The molecular weight excluding hydrogens is 310 g/mol. The Morgan fingerprint density at radius 2 is 1.58 bits per heavy atom. The zero-order valence-corrected chi connectivity index (χ0v) is 12.5. The summed E-state index contributed by atoms with van der Waals surface area (Å²) in [7, 11) is 0. The van der Waals surface area contributed by atoms with Gasteiger partial charge < -0.3 is 15.8 Å². The average Bonchev–Trinajstić information content (AvgIpc) is 2.60. The van der Waals surface area contributed by atoms with E-state index in [1.165, 1.54) is 48.5 Å². The molecule has 120 valence electrons. The highest BCUT2D eigenvalue weighted by atomic mass is 16.5. The second-order valence-electron chi connectivity index (χ2n) is 4.76. The van der Waals surface area contributed by atoms with Crippen LogP contribution in [-0.4, -0.2) is 24.4 Å². The smallest absolute Gasteiger partial charge is 0.338 e. The normalized spacial score (nSPS) is 9.62. The van der Waals surface area contributed by atoms with Crippen LogP contribution in [0.4, 0.5) is 5.69 Å². The van der Waals surface area contributed by atoms with E-state index < -0.39 is 24.4 Å². The van der Waals surface area contributed by atoms with E-state index in [0.717, 1.165) is 0 Å². The lowest BCUT2D eigenvalue weighted by molar-refractivity contribution is -0.119. The van der Waals surface area contributed by atoms with Crippen LogP contribution in [0.3, 0.4) is 0 Å². The topological polar surface area (TPSA) is 122 Å². The van der Waals surface area contributed by atoms with Crippen molar-refractivity contribution in [2.24, 2.45) is 5.73 Å². The highest BCUT2D eigenvalue weighted by molar-refractivity contribution is 5.96. The first kappa shape index (κ1) is 16.7. The molecule has 7 heteroatoms. The third-order valence-electron chi connectivity index (χ3n) is 3.04. The van der Waals surface area contributed by atoms with Crippen molar-refractivity contribution >= 4 is 23.5 Å². The van der Waals surface area contributed by atoms with Gasteiger partial charge in [-0.15, -0.1) is 0 Å². The Hall–Kier alpha value is -3.66. The van der Waals surface area contributed by atoms with Gasteiger partial charge in [0.05, 0.1) is 17.2 Å². The minimum absolute atomic E-state index is 0.243. The van der Waals surface area contributed by atoms with Gasteiger partial charge in [0.15, 0.2) is 6.61 Å². The van der Waals surface area contributed by atoms with Crippen LogP contribution < -0.4 is 11.1 Å². The molecule has 0 aliphatic rings. The van der Waals surface area contributed by atoms with Gasteiger partial charge in [-0.05, 0) is 48.5 Å². The van der Waals surface area contributed by atoms with Crippen LogP contribution in [0.25, 0.3) is 0 Å². The first-order chi connectivity index (χ1) is 11.5. The molecule has 3 N–H and O–H groups in total. The quantitative estimate of drug-likeness (QED) is 0.806. The van der Waals surface area contributed by atoms with Crippen LogP contribution in [0, 0.1) is 11.3 Å². The number of nitrogens with two attached hydrogens (primary N) is 1. The molecule has 2 rings (SSSR count). The molecular formula is C17H13N3O4. The molecule has 0 bridgehead atoms. The van der Waals surface area contributed by atoms with Crippen LogP contribution >= 0.6 is 0 Å². The molecule has 0 unspecified atom stereocenters. The first-order valence-corrected chi connectivity index (χ1v) is 6.86. The summed E-state index contributed by atoms with van der Waals surface area (Å²) in [5.74, 6) is -1.76. The number of nitrogens with zero attached hydrogens (tertiary/aromatic N) is 1. The number of hydrogen-bond acceptors (Lipinski definition) is 5. The number of ether oxygens (including phenoxy) is 1. The van der Waals surface area contributed by atoms with Gasteiger partial charge in [0.25, 0.3) is 5.91 Å². The number of primary amides is 1. The summed E-state index contributed by atoms with van der Waals surface area (Å²) in [5, 5.41) is 11.2. The summed E-state index contributed by atoms with van der Waals surface area (Å²) in [6, 6.07) is 13.8. The summed E-state index contributed by atoms with van der Waals surface area (Å²) in [4.78, 5) is 34.5. The van der Waals surface area contributed by atoms with Crippen molar-refractivity contribution in [1.82, 2.24) is 0 Å². The summed E-state index contributed by atoms with van der Waals surface area (Å²) in [6.45, 7) is -0.462. The number of anilines is 1. The second-order valence-corrected chi connectivity index (χ2v) is 4.76. The molecule has 0 radical (unpaired) electrons. The number of carbonyl (C=O) groups excluding carboxylic acids is 3. The van der Waals surface area contributed by atoms with Crippen molar-refractivity contribution in [2.45, 2.75) is 0 Å². The van der Waals surface area contributed by atoms with Gasteiger partial charge in [0, 0.05) is 11.3 Å². The molecule has 0 aliphatic carbocycles. The zero-order valence-electron chi connectivity index (χ0n) is 12.5. The molecule has 2 aromatic carbocycles. The van der Waals surface area contributed by atoms with Crippen LogP contribution in [0.1, 0.15) is 26.3 Å². The molecule has 7 nitrogen and oxygen atoms in total. The summed E-state index contributed by atoms with van der Waals surface area (Å²) in [5.41, 5.74) is 6.54. The van der Waals surface area contributed by atoms with Gasteiger partial charge in [0.1, 0.15) is 0 Å². The van der Waals surface area contributed by atoms with Gasteiger partial charge >= 0.3 is 5.97 Å². The van der Waals surface area contributed by atoms with E-state index in [0.29, 0.717) is 16.8 Å². The minimum atomic E-state index is -0.668. The molecule has 0 aliphatic heterocycles. The van der Waals surface area contributed by atoms with Crippen LogP contribution in [-0.2, 0) is 9.53 Å². The zero-order chi connectivity index (χ0) is 17.5. The number of nitrogens with one attached hydrogen (secondary N) is 1. The lowest BCUT2D eigenvalue weighted by Crippen LogP contribution is -2.21. The first-order valence-electron chi connectivity index (χ1n) is 6.86. The third kappa shape index (κ3) is 4.42. The molecule has 0 heterocycles. The Morgan fingerprint density at radius 1 is 1.00 bits per heavy atom. The second kappa shape index (κ2) is 7.56. The molecule has 0 spiro atoms. The highest BCUT2D eigenvalue weighted by Gasteiger charge is 2.10. The highest BCUT2D eigenvalue weighted by Crippen LogP contribution is 2.09. The van der Waals surface area contributed by atoms with Crippen molar-refractivity contribution in [1.29, 1.82) is 5.26 Å². The maximum absolute atomic E-state index is 11.8. The predicted molar refractivity (Wildman–Crippen MR) is 85.0 cm³/mol. The molecule has 24 heavy (non-hydrogen) atoms. The van der Waals surface area contributed by atoms with Crippen molar-refractivity contribution < 1.29 is 19.1 Å². The molecule has 0 aromatic heterocycles. The molecule has 0 saturated heterocycles. The van der Waals surface area contributed by atoms with Gasteiger partial charge in [0.2, 0.25) is 5.91 Å². The number of nitriles is 1. The SMILES string of the molecule is N#Cc1ccc(C(=O)OCC(=O)Nc2ccc(C(N)=O)cc2)cc1. The number of benzene rings is 2. The summed E-state index contributed by atoms with van der Waals surface area (Å²) < 4.78 is 4.89. The Labute approximate surface area is 137 Å². The molecule has 0 atom stereocenters. The van der Waals surface area contributed by atoms with Crippen molar-refractivity contribution in [3.8, 4) is 6.07 Å². The third-order valence-corrected chi connectivity index (χ3v) is 3.04. The van der Waals surface area contributed by atoms with E-state index in [9.17, 15) is 14.4 Å². The lowest BCUT2D eigenvalue weighted by Gasteiger charge is -2.07. The fraction of sp³-hybridized carbons (Fsp3) is 0.0588. The predicted octanol–water partition coefficient (Wildman–Crippen LogP) is 1.45. The summed E-state index contributed by atoms with van der Waals surface area (Å²) in [6.07, 6.45) is 0. The van der Waals surface area contributed by atoms with Gasteiger partial charge in [-0.3, -0.25) is 9.59 Å². The Balaban J connectivity index is 1.87. The average molecular weight is 323 g/mol. The van der Waals surface area contributed by atoms with E-state index >= 15 is 0 Å². The fourth-order valence-electron chi connectivity index (χ4n) is 1.81. The number of esters is 1. The van der Waals surface area contributed by atoms with Crippen molar-refractivity contribution in [2.75, 3.05) is 11.9 Å². The van der Waals surface area contributed by atoms with E-state index in [2.05, 4.69) is 5.32 Å². The Bertz CT molecular complexity index is 805. The van der Waals surface area contributed by atoms with Crippen LogP contribution in [0.15, 0.2) is 48.5 Å². The van der Waals surface area contributed by atoms with Gasteiger partial charge in [-0.1, -0.05) is 0 Å². The van der Waals surface area contributed by atoms with E-state index in [4.69, 9.17) is 15.7 Å². The number of amides is 2. The monoisotopic (exact) mass is 323 g/mol. The maximum Gasteiger partial charge on any atom is 0.338 e. The summed E-state index contributed by atoms with van der Waals surface area (Å²) >= 11 is 0. The van der Waals surface area contributed by atoms with E-state index in [1.807, 2.05) is 6.07 Å². The minimum Gasteiger partial charge on any atom is -0.452 e. The lowest BCUT2D eigenvalue weighted by atomic mass is 10.1. The largest absolute Gasteiger partial charge is 0.452 e. The maximum atomic E-state index is 11.8. The fourth-order valence-corrected chi connectivity index (χ4v) is 1.81. The molecule has 2 amide bonds. The van der Waals surface area contributed by atoms with E-state index in [-0.39, 0.29) is 5.56 Å². The molecule has 2 aromatic rings. The van der Waals surface area contributed by atoms with Gasteiger partial charge in [-0.25, -0.2) is 4.79 Å². The molecule has 0 fully saturated rings. The van der Waals surface area contributed by atoms with E-state index in [1.54, 1.807) is 0 Å². The van der Waals surface area contributed by atoms with Crippen LogP contribution in [0.2, 0.25) is 0 Å². The van der Waals surface area contributed by atoms with Crippen molar-refractivity contribution in [3.63, 3.8) is 0 Å². The molecule has 0 saturated carbocycles. The number of rotatable bonds is 5. The Morgan fingerprint density at radius 3 is 2.12 bits per heavy atom. The standard InChI is InChI=1S/C17H13N3O4/c18-9-11-1-3-13(4-2-11)17(23)24-10-15(21)20-14-7-5-12(6-8-14)16(19)22/h1-8H,10H2,(H2,19,22)(H,20,21). The number of hydrogen-bond donors (Lipinski definition) is 2. The number of carbonyl (C=O) groups is 3. The Kier molecular flexibility index (Phi) is 5.26. The van der Waals surface area contributed by atoms with Crippen LogP contribution in [0.5, 0.6) is 0 Å². The van der Waals surface area contributed by atoms with Crippen molar-refractivity contribution in [3.05, 3.63) is 65.2 Å². The van der Waals surface area contributed by atoms with Gasteiger partial charge in [-0.2, -0.15) is 5.26 Å².